The maximum absolute atomic E-state index is 13.6. The van der Waals surface area contributed by atoms with Crippen LogP contribution in [0.1, 0.15) is 17.3 Å². The minimum atomic E-state index is -1.34. The molecule has 0 heterocycles. The van der Waals surface area contributed by atoms with Gasteiger partial charge in [0.25, 0.3) is 0 Å². The van der Waals surface area contributed by atoms with Crippen LogP contribution < -0.4 is 4.90 Å². The van der Waals surface area contributed by atoms with Crippen LogP contribution in [-0.4, -0.2) is 49.1 Å². The van der Waals surface area contributed by atoms with Crippen molar-refractivity contribution in [3.05, 3.63) is 29.6 Å². The molecular formula is C13H17FN2O3. The number of halogens is 1. The second kappa shape index (κ2) is 6.17. The number of anilines is 1. The van der Waals surface area contributed by atoms with Crippen molar-refractivity contribution in [1.82, 2.24) is 4.90 Å². The number of likely N-dealkylation sites (N-methyl/N-ethyl adjacent to an activating group) is 2. The highest BCUT2D eigenvalue weighted by Crippen LogP contribution is 2.23. The van der Waals surface area contributed by atoms with Crippen LogP contribution >= 0.6 is 0 Å². The SMILES string of the molecule is CCN(CC(=O)N(C)C)c1cccc(F)c1C(=O)O. The summed E-state index contributed by atoms with van der Waals surface area (Å²) >= 11 is 0. The maximum Gasteiger partial charge on any atom is 0.340 e. The number of carbonyl (C=O) groups is 2. The first-order valence-corrected chi connectivity index (χ1v) is 5.85. The van der Waals surface area contributed by atoms with Gasteiger partial charge in [-0.1, -0.05) is 6.07 Å². The van der Waals surface area contributed by atoms with E-state index < -0.39 is 17.3 Å². The van der Waals surface area contributed by atoms with E-state index in [1.54, 1.807) is 21.0 Å². The Kier molecular flexibility index (Phi) is 4.86. The Morgan fingerprint density at radius 1 is 1.32 bits per heavy atom. The predicted molar refractivity (Wildman–Crippen MR) is 69.9 cm³/mol. The zero-order valence-electron chi connectivity index (χ0n) is 11.2. The number of carboxylic acid groups (broad SMARTS) is 1. The Labute approximate surface area is 111 Å². The van der Waals surface area contributed by atoms with Crippen molar-refractivity contribution in [1.29, 1.82) is 0 Å². The lowest BCUT2D eigenvalue weighted by molar-refractivity contribution is -0.127. The first-order valence-electron chi connectivity index (χ1n) is 5.85. The molecule has 0 unspecified atom stereocenters. The summed E-state index contributed by atoms with van der Waals surface area (Å²) in [4.78, 5) is 25.8. The molecule has 1 aromatic carbocycles. The van der Waals surface area contributed by atoms with Gasteiger partial charge < -0.3 is 14.9 Å². The van der Waals surface area contributed by atoms with E-state index in [1.807, 2.05) is 0 Å². The molecule has 0 spiro atoms. The summed E-state index contributed by atoms with van der Waals surface area (Å²) in [6, 6.07) is 4.02. The van der Waals surface area contributed by atoms with Gasteiger partial charge in [0.2, 0.25) is 5.91 Å². The van der Waals surface area contributed by atoms with Gasteiger partial charge in [0, 0.05) is 20.6 Å². The van der Waals surface area contributed by atoms with Crippen molar-refractivity contribution in [2.45, 2.75) is 6.92 Å². The Balaban J connectivity index is 3.15. The molecule has 0 saturated heterocycles. The zero-order valence-corrected chi connectivity index (χ0v) is 11.2. The number of amides is 1. The van der Waals surface area contributed by atoms with E-state index in [0.29, 0.717) is 6.54 Å². The lowest BCUT2D eigenvalue weighted by Crippen LogP contribution is -2.37. The molecule has 0 atom stereocenters. The van der Waals surface area contributed by atoms with Crippen molar-refractivity contribution in [3.63, 3.8) is 0 Å². The Morgan fingerprint density at radius 2 is 1.95 bits per heavy atom. The average Bonchev–Trinajstić information content (AvgIpc) is 2.34. The molecule has 5 nitrogen and oxygen atoms in total. The minimum absolute atomic E-state index is 0.00718. The Bertz CT molecular complexity index is 489. The smallest absolute Gasteiger partial charge is 0.340 e. The molecule has 0 aliphatic heterocycles. The van der Waals surface area contributed by atoms with Crippen molar-refractivity contribution < 1.29 is 19.1 Å². The molecule has 0 radical (unpaired) electrons. The molecule has 0 aromatic heterocycles. The molecule has 104 valence electrons. The molecule has 0 fully saturated rings. The standard InChI is InChI=1S/C13H17FN2O3/c1-4-16(8-11(17)15(2)3)10-7-5-6-9(14)12(10)13(18)19/h5-7H,4,8H2,1-3H3,(H,18,19). The Morgan fingerprint density at radius 3 is 2.42 bits per heavy atom. The quantitative estimate of drug-likeness (QED) is 0.877. The fourth-order valence-corrected chi connectivity index (χ4v) is 1.66. The molecule has 1 N–H and O–H groups in total. The fraction of sp³-hybridized carbons (Fsp3) is 0.385. The lowest BCUT2D eigenvalue weighted by Gasteiger charge is -2.25. The van der Waals surface area contributed by atoms with Crippen LogP contribution in [-0.2, 0) is 4.79 Å². The molecule has 1 amide bonds. The monoisotopic (exact) mass is 268 g/mol. The summed E-state index contributed by atoms with van der Waals surface area (Å²) in [5.41, 5.74) is -0.193. The van der Waals surface area contributed by atoms with E-state index in [4.69, 9.17) is 5.11 Å². The highest BCUT2D eigenvalue weighted by Gasteiger charge is 2.21. The van der Waals surface area contributed by atoms with Crippen LogP contribution in [0.3, 0.4) is 0 Å². The third kappa shape index (κ3) is 3.43. The molecule has 19 heavy (non-hydrogen) atoms. The van der Waals surface area contributed by atoms with E-state index in [9.17, 15) is 14.0 Å². The second-order valence-electron chi connectivity index (χ2n) is 4.24. The summed E-state index contributed by atoms with van der Waals surface area (Å²) in [5, 5.41) is 9.07. The summed E-state index contributed by atoms with van der Waals surface area (Å²) < 4.78 is 13.6. The van der Waals surface area contributed by atoms with Gasteiger partial charge in [-0.25, -0.2) is 9.18 Å². The van der Waals surface area contributed by atoms with E-state index in [0.717, 1.165) is 6.07 Å². The van der Waals surface area contributed by atoms with E-state index >= 15 is 0 Å². The number of hydrogen-bond donors (Lipinski definition) is 1. The van der Waals surface area contributed by atoms with Gasteiger partial charge in [-0.15, -0.1) is 0 Å². The zero-order chi connectivity index (χ0) is 14.6. The third-order valence-electron chi connectivity index (χ3n) is 2.75. The highest BCUT2D eigenvalue weighted by atomic mass is 19.1. The van der Waals surface area contributed by atoms with Gasteiger partial charge in [0.1, 0.15) is 11.4 Å². The van der Waals surface area contributed by atoms with Crippen LogP contribution in [0.4, 0.5) is 10.1 Å². The maximum atomic E-state index is 13.6. The summed E-state index contributed by atoms with van der Waals surface area (Å²) in [6.45, 7) is 2.19. The second-order valence-corrected chi connectivity index (χ2v) is 4.24. The van der Waals surface area contributed by atoms with Crippen LogP contribution in [0.2, 0.25) is 0 Å². The molecule has 6 heteroatoms. The summed E-state index contributed by atoms with van der Waals surface area (Å²) in [6.07, 6.45) is 0. The van der Waals surface area contributed by atoms with E-state index in [1.165, 1.54) is 21.9 Å². The first-order chi connectivity index (χ1) is 8.88. The van der Waals surface area contributed by atoms with E-state index in [2.05, 4.69) is 0 Å². The molecule has 0 saturated carbocycles. The predicted octanol–water partition coefficient (Wildman–Crippen LogP) is 1.44. The molecule has 1 aromatic rings. The first kappa shape index (κ1) is 14.9. The van der Waals surface area contributed by atoms with Crippen LogP contribution in [0, 0.1) is 5.82 Å². The summed E-state index contributed by atoms with van der Waals surface area (Å²) in [7, 11) is 3.22. The largest absolute Gasteiger partial charge is 0.478 e. The lowest BCUT2D eigenvalue weighted by atomic mass is 10.1. The minimum Gasteiger partial charge on any atom is -0.478 e. The number of rotatable bonds is 5. The third-order valence-corrected chi connectivity index (χ3v) is 2.75. The average molecular weight is 268 g/mol. The van der Waals surface area contributed by atoms with Crippen LogP contribution in [0.15, 0.2) is 18.2 Å². The molecule has 0 aliphatic rings. The van der Waals surface area contributed by atoms with Crippen LogP contribution in [0.25, 0.3) is 0 Å². The van der Waals surface area contributed by atoms with Crippen molar-refractivity contribution >= 4 is 17.6 Å². The number of aromatic carboxylic acids is 1. The van der Waals surface area contributed by atoms with Gasteiger partial charge in [-0.2, -0.15) is 0 Å². The van der Waals surface area contributed by atoms with Crippen LogP contribution in [0.5, 0.6) is 0 Å². The highest BCUT2D eigenvalue weighted by molar-refractivity contribution is 5.95. The Hall–Kier alpha value is -2.11. The molecule has 1 rings (SSSR count). The topological polar surface area (TPSA) is 60.9 Å². The van der Waals surface area contributed by atoms with Gasteiger partial charge >= 0.3 is 5.97 Å². The number of hydrogen-bond acceptors (Lipinski definition) is 3. The number of carboxylic acids is 1. The van der Waals surface area contributed by atoms with E-state index in [-0.39, 0.29) is 18.1 Å². The number of benzene rings is 1. The van der Waals surface area contributed by atoms with Gasteiger partial charge in [-0.05, 0) is 19.1 Å². The summed E-state index contributed by atoms with van der Waals surface area (Å²) in [5.74, 6) is -2.33. The molecule has 0 aliphatic carbocycles. The van der Waals surface area contributed by atoms with Crippen molar-refractivity contribution in [2.24, 2.45) is 0 Å². The number of nitrogens with zero attached hydrogens (tertiary/aromatic N) is 2. The number of carbonyl (C=O) groups excluding carboxylic acids is 1. The fourth-order valence-electron chi connectivity index (χ4n) is 1.66. The normalized spacial score (nSPS) is 10.1. The van der Waals surface area contributed by atoms with Gasteiger partial charge in [0.15, 0.2) is 0 Å². The van der Waals surface area contributed by atoms with Gasteiger partial charge in [0.05, 0.1) is 12.2 Å². The van der Waals surface area contributed by atoms with Crippen molar-refractivity contribution in [3.8, 4) is 0 Å². The molecule has 0 bridgehead atoms. The van der Waals surface area contributed by atoms with Gasteiger partial charge in [-0.3, -0.25) is 4.79 Å². The van der Waals surface area contributed by atoms with Crippen molar-refractivity contribution in [2.75, 3.05) is 32.1 Å². The molecular weight excluding hydrogens is 251 g/mol.